The fraction of sp³-hybridized carbons (Fsp3) is 0.350. The van der Waals surface area contributed by atoms with Gasteiger partial charge in [-0.2, -0.15) is 0 Å². The number of rotatable bonds is 6. The molecule has 0 unspecified atom stereocenters. The highest BCUT2D eigenvalue weighted by Crippen LogP contribution is 2.29. The van der Waals surface area contributed by atoms with Gasteiger partial charge >= 0.3 is 0 Å². The van der Waals surface area contributed by atoms with Gasteiger partial charge < -0.3 is 19.9 Å². The average Bonchev–Trinajstić information content (AvgIpc) is 3.10. The van der Waals surface area contributed by atoms with Crippen LogP contribution in [0, 0.1) is 5.41 Å². The van der Waals surface area contributed by atoms with Gasteiger partial charge in [0, 0.05) is 36.7 Å². The van der Waals surface area contributed by atoms with Gasteiger partial charge in [0.25, 0.3) is 11.8 Å². The number of ether oxygens (including phenoxy) is 1. The zero-order valence-corrected chi connectivity index (χ0v) is 18.4. The van der Waals surface area contributed by atoms with Gasteiger partial charge in [0.1, 0.15) is 10.3 Å². The number of likely N-dealkylation sites (tertiary alicyclic amines) is 1. The quantitative estimate of drug-likeness (QED) is 0.310. The lowest BCUT2D eigenvalue weighted by Gasteiger charge is -2.26. The number of piperidine rings is 1. The summed E-state index contributed by atoms with van der Waals surface area (Å²) in [6.07, 6.45) is 8.17. The maximum absolute atomic E-state index is 12.8. The molecule has 1 aromatic rings. The summed E-state index contributed by atoms with van der Waals surface area (Å²) in [5, 5.41) is 10.7. The van der Waals surface area contributed by atoms with Crippen molar-refractivity contribution in [1.29, 1.82) is 5.41 Å². The second-order valence-electron chi connectivity index (χ2n) is 6.86. The molecule has 2 amide bonds. The lowest BCUT2D eigenvalue weighted by atomic mass is 10.1. The Morgan fingerprint density at radius 2 is 2.07 bits per heavy atom. The van der Waals surface area contributed by atoms with Gasteiger partial charge in [-0.3, -0.25) is 19.9 Å². The van der Waals surface area contributed by atoms with Gasteiger partial charge in [0.05, 0.1) is 5.71 Å². The molecule has 9 heteroatoms. The monoisotopic (exact) mass is 509 g/mol. The number of amides is 2. The van der Waals surface area contributed by atoms with Crippen molar-refractivity contribution in [3.8, 4) is 5.75 Å². The van der Waals surface area contributed by atoms with Crippen molar-refractivity contribution in [3.05, 3.63) is 48.1 Å². The molecule has 3 rings (SSSR count). The first-order valence-electron chi connectivity index (χ1n) is 9.36. The Hall–Kier alpha value is -2.56. The number of hydrogen-bond donors (Lipinski definition) is 3. The standard InChI is InChI=1S/C20H24IN5O3/c1-13-10-15(6-9-26(13)19(27)14(2)22)23-18-17(29-12-21)11-16(24-18)20(28)25-7-4-3-5-8-25/h6,9-11,22-24H,1,3-5,7-8,12H2,2H3. The lowest BCUT2D eigenvalue weighted by Crippen LogP contribution is -2.35. The van der Waals surface area contributed by atoms with Gasteiger partial charge in [0.15, 0.2) is 11.6 Å². The molecule has 0 aromatic carbocycles. The van der Waals surface area contributed by atoms with Crippen molar-refractivity contribution in [3.63, 3.8) is 0 Å². The van der Waals surface area contributed by atoms with Crippen molar-refractivity contribution in [2.45, 2.75) is 26.2 Å². The van der Waals surface area contributed by atoms with E-state index < -0.39 is 5.91 Å². The molecule has 3 heterocycles. The summed E-state index contributed by atoms with van der Waals surface area (Å²) < 4.78 is 6.10. The smallest absolute Gasteiger partial charge is 0.275 e. The number of halogens is 1. The van der Waals surface area contributed by atoms with Crippen LogP contribution < -0.4 is 10.1 Å². The summed E-state index contributed by atoms with van der Waals surface area (Å²) in [5.74, 6) is 0.652. The van der Waals surface area contributed by atoms with E-state index in [1.807, 2.05) is 4.90 Å². The summed E-state index contributed by atoms with van der Waals surface area (Å²) in [6, 6.07) is 1.72. The predicted octanol–water partition coefficient (Wildman–Crippen LogP) is 3.62. The Balaban J connectivity index is 1.77. The highest BCUT2D eigenvalue weighted by molar-refractivity contribution is 14.1. The minimum Gasteiger partial charge on any atom is -0.479 e. The molecule has 29 heavy (non-hydrogen) atoms. The number of aromatic amines is 1. The Labute approximate surface area is 183 Å². The number of anilines is 1. The van der Waals surface area contributed by atoms with Crippen LogP contribution in [0.1, 0.15) is 36.7 Å². The normalized spacial score (nSPS) is 16.5. The molecule has 0 bridgehead atoms. The Morgan fingerprint density at radius 3 is 2.69 bits per heavy atom. The zero-order valence-electron chi connectivity index (χ0n) is 16.3. The number of allylic oxidation sites excluding steroid dienone is 2. The number of hydrogen-bond acceptors (Lipinski definition) is 5. The van der Waals surface area contributed by atoms with E-state index in [9.17, 15) is 9.59 Å². The van der Waals surface area contributed by atoms with Crippen molar-refractivity contribution >= 4 is 45.9 Å². The second-order valence-corrected chi connectivity index (χ2v) is 7.48. The summed E-state index contributed by atoms with van der Waals surface area (Å²) in [6.45, 7) is 6.86. The first kappa shape index (κ1) is 21.2. The molecule has 1 aromatic heterocycles. The van der Waals surface area contributed by atoms with Gasteiger partial charge in [-0.1, -0.05) is 6.58 Å². The van der Waals surface area contributed by atoms with Crippen LogP contribution in [0.25, 0.3) is 0 Å². The second kappa shape index (κ2) is 9.29. The van der Waals surface area contributed by atoms with E-state index in [4.69, 9.17) is 10.1 Å². The maximum atomic E-state index is 12.8. The largest absolute Gasteiger partial charge is 0.479 e. The zero-order chi connectivity index (χ0) is 21.0. The average molecular weight is 509 g/mol. The van der Waals surface area contributed by atoms with E-state index >= 15 is 0 Å². The third-order valence-corrected chi connectivity index (χ3v) is 5.02. The van der Waals surface area contributed by atoms with Crippen LogP contribution in [0.2, 0.25) is 0 Å². The molecule has 1 fully saturated rings. The number of nitrogens with zero attached hydrogens (tertiary/aromatic N) is 2. The van der Waals surface area contributed by atoms with Crippen LogP contribution >= 0.6 is 22.6 Å². The first-order valence-corrected chi connectivity index (χ1v) is 10.9. The lowest BCUT2D eigenvalue weighted by molar-refractivity contribution is -0.120. The van der Waals surface area contributed by atoms with Crippen molar-refractivity contribution in [2.75, 3.05) is 23.0 Å². The Bertz CT molecular complexity index is 896. The third kappa shape index (κ3) is 4.89. The Morgan fingerprint density at radius 1 is 1.34 bits per heavy atom. The SMILES string of the molecule is C=C1C=C(Nc2[nH]c(C(=O)N3CCCCC3)cc2OCI)C=CN1C(=O)C(C)=N. The number of carbonyl (C=O) groups excluding carboxylic acids is 2. The fourth-order valence-electron chi connectivity index (χ4n) is 3.23. The van der Waals surface area contributed by atoms with E-state index in [0.29, 0.717) is 33.3 Å². The van der Waals surface area contributed by atoms with Crippen LogP contribution in [-0.4, -0.2) is 50.0 Å². The first-order chi connectivity index (χ1) is 13.9. The molecule has 0 saturated carbocycles. The minimum atomic E-state index is -0.426. The molecule has 0 aliphatic carbocycles. The van der Waals surface area contributed by atoms with E-state index in [0.717, 1.165) is 32.4 Å². The molecule has 2 aliphatic heterocycles. The molecule has 0 radical (unpaired) electrons. The van der Waals surface area contributed by atoms with Crippen LogP contribution in [0.4, 0.5) is 5.82 Å². The number of aromatic nitrogens is 1. The van der Waals surface area contributed by atoms with Crippen LogP contribution in [0.3, 0.4) is 0 Å². The highest BCUT2D eigenvalue weighted by Gasteiger charge is 2.23. The fourth-order valence-corrected chi connectivity index (χ4v) is 3.57. The number of carbonyl (C=O) groups is 2. The molecule has 8 nitrogen and oxygen atoms in total. The van der Waals surface area contributed by atoms with Crippen molar-refractivity contribution in [1.82, 2.24) is 14.8 Å². The number of alkyl halides is 1. The number of nitrogens with one attached hydrogen (secondary N) is 3. The summed E-state index contributed by atoms with van der Waals surface area (Å²) in [5.41, 5.74) is 1.53. The molecular formula is C20H24IN5O3. The summed E-state index contributed by atoms with van der Waals surface area (Å²) in [7, 11) is 0. The summed E-state index contributed by atoms with van der Waals surface area (Å²) in [4.78, 5) is 31.1. The van der Waals surface area contributed by atoms with Gasteiger partial charge in [-0.25, -0.2) is 0 Å². The predicted molar refractivity (Wildman–Crippen MR) is 120 cm³/mol. The molecule has 3 N–H and O–H groups in total. The van der Waals surface area contributed by atoms with Gasteiger partial charge in [0.2, 0.25) is 0 Å². The molecular weight excluding hydrogens is 485 g/mol. The van der Waals surface area contributed by atoms with Crippen molar-refractivity contribution < 1.29 is 14.3 Å². The number of H-pyrrole nitrogens is 1. The Kier molecular flexibility index (Phi) is 6.78. The van der Waals surface area contributed by atoms with Crippen molar-refractivity contribution in [2.24, 2.45) is 0 Å². The van der Waals surface area contributed by atoms with Crippen LogP contribution in [0.5, 0.6) is 5.75 Å². The van der Waals surface area contributed by atoms with Crippen LogP contribution in [-0.2, 0) is 4.79 Å². The van der Waals surface area contributed by atoms with E-state index in [-0.39, 0.29) is 11.6 Å². The summed E-state index contributed by atoms with van der Waals surface area (Å²) >= 11 is 2.10. The molecule has 0 atom stereocenters. The molecule has 0 spiro atoms. The van der Waals surface area contributed by atoms with E-state index in [1.165, 1.54) is 11.8 Å². The van der Waals surface area contributed by atoms with E-state index in [1.54, 1.807) is 24.4 Å². The van der Waals surface area contributed by atoms with Gasteiger partial charge in [-0.05, 0) is 60.9 Å². The van der Waals surface area contributed by atoms with Crippen LogP contribution in [0.15, 0.2) is 42.4 Å². The maximum Gasteiger partial charge on any atom is 0.275 e. The topological polar surface area (TPSA) is 102 Å². The van der Waals surface area contributed by atoms with E-state index in [2.05, 4.69) is 39.5 Å². The highest BCUT2D eigenvalue weighted by atomic mass is 127. The molecule has 1 saturated heterocycles. The third-order valence-electron chi connectivity index (χ3n) is 4.71. The molecule has 154 valence electrons. The van der Waals surface area contributed by atoms with Gasteiger partial charge in [-0.15, -0.1) is 0 Å². The molecule has 2 aliphatic rings. The minimum absolute atomic E-state index is 0.0353.